The number of carbonyl (C=O) groups is 2. The summed E-state index contributed by atoms with van der Waals surface area (Å²) >= 11 is 0. The van der Waals surface area contributed by atoms with Crippen molar-refractivity contribution in [1.29, 1.82) is 0 Å². The normalized spacial score (nSPS) is 10.8. The highest BCUT2D eigenvalue weighted by Gasteiger charge is 2.16. The highest BCUT2D eigenvalue weighted by atomic mass is 16.6. The van der Waals surface area contributed by atoms with Crippen molar-refractivity contribution in [2.45, 2.75) is 39.5 Å². The molecule has 0 fully saturated rings. The summed E-state index contributed by atoms with van der Waals surface area (Å²) in [5.41, 5.74) is 3.14. The minimum absolute atomic E-state index is 0.207. The van der Waals surface area contributed by atoms with Gasteiger partial charge in [0, 0.05) is 12.1 Å². The van der Waals surface area contributed by atoms with Crippen LogP contribution in [0.3, 0.4) is 0 Å². The Morgan fingerprint density at radius 3 is 2.17 bits per heavy atom. The first-order chi connectivity index (χ1) is 16.8. The fraction of sp³-hybridized carbons (Fsp3) is 0.286. The van der Waals surface area contributed by atoms with Crippen molar-refractivity contribution in [3.63, 3.8) is 0 Å². The second-order valence-corrected chi connectivity index (χ2v) is 8.89. The molecule has 0 aliphatic carbocycles. The van der Waals surface area contributed by atoms with Gasteiger partial charge >= 0.3 is 12.2 Å². The SMILES string of the molecule is CC(C)(C)OC(=O)NCc1ccc(-c2ccccc2)c(OCCNC(=O)OCc2ccccc2)c1. The zero-order valence-corrected chi connectivity index (χ0v) is 20.4. The van der Waals surface area contributed by atoms with Crippen LogP contribution >= 0.6 is 0 Å². The molecule has 0 atom stereocenters. The molecule has 0 bridgehead atoms. The molecule has 0 aliphatic rings. The lowest BCUT2D eigenvalue weighted by Crippen LogP contribution is -2.32. The first-order valence-corrected chi connectivity index (χ1v) is 11.5. The van der Waals surface area contributed by atoms with Crippen LogP contribution in [0.5, 0.6) is 5.75 Å². The molecule has 0 aliphatic heterocycles. The summed E-state index contributed by atoms with van der Waals surface area (Å²) in [7, 11) is 0. The highest BCUT2D eigenvalue weighted by molar-refractivity contribution is 5.71. The molecule has 0 saturated heterocycles. The Kier molecular flexibility index (Phi) is 9.12. The maximum absolute atomic E-state index is 12.0. The Balaban J connectivity index is 1.57. The van der Waals surface area contributed by atoms with Gasteiger partial charge < -0.3 is 24.8 Å². The van der Waals surface area contributed by atoms with Crippen LogP contribution in [0.1, 0.15) is 31.9 Å². The summed E-state index contributed by atoms with van der Waals surface area (Å²) < 4.78 is 16.5. The molecule has 2 N–H and O–H groups in total. The van der Waals surface area contributed by atoms with Crippen LogP contribution in [0.4, 0.5) is 9.59 Å². The summed E-state index contributed by atoms with van der Waals surface area (Å²) in [6, 6.07) is 25.1. The number of ether oxygens (including phenoxy) is 3. The molecule has 35 heavy (non-hydrogen) atoms. The molecular formula is C28H32N2O5. The van der Waals surface area contributed by atoms with E-state index in [0.29, 0.717) is 12.3 Å². The summed E-state index contributed by atoms with van der Waals surface area (Å²) in [6.07, 6.45) is -0.985. The number of alkyl carbamates (subject to hydrolysis) is 2. The van der Waals surface area contributed by atoms with E-state index in [1.807, 2.05) is 99.6 Å². The number of nitrogens with one attached hydrogen (secondary N) is 2. The quantitative estimate of drug-likeness (QED) is 0.388. The summed E-state index contributed by atoms with van der Waals surface area (Å²) in [4.78, 5) is 24.0. The largest absolute Gasteiger partial charge is 0.491 e. The zero-order valence-electron chi connectivity index (χ0n) is 20.4. The van der Waals surface area contributed by atoms with E-state index in [0.717, 1.165) is 22.3 Å². The third-order valence-corrected chi connectivity index (χ3v) is 4.81. The molecule has 2 amide bonds. The zero-order chi connectivity index (χ0) is 25.1. The minimum Gasteiger partial charge on any atom is -0.491 e. The molecule has 3 rings (SSSR count). The van der Waals surface area contributed by atoms with Gasteiger partial charge in [-0.2, -0.15) is 0 Å². The van der Waals surface area contributed by atoms with Crippen molar-refractivity contribution in [2.75, 3.05) is 13.2 Å². The lowest BCUT2D eigenvalue weighted by molar-refractivity contribution is 0.0523. The monoisotopic (exact) mass is 476 g/mol. The molecule has 7 heteroatoms. The van der Waals surface area contributed by atoms with Gasteiger partial charge in [0.2, 0.25) is 0 Å². The maximum atomic E-state index is 12.0. The number of rotatable bonds is 9. The van der Waals surface area contributed by atoms with Gasteiger partial charge in [-0.1, -0.05) is 72.8 Å². The van der Waals surface area contributed by atoms with E-state index in [1.165, 1.54) is 0 Å². The van der Waals surface area contributed by atoms with E-state index in [1.54, 1.807) is 0 Å². The van der Waals surface area contributed by atoms with Crippen molar-refractivity contribution >= 4 is 12.2 Å². The molecule has 184 valence electrons. The number of carbonyl (C=O) groups excluding carboxylic acids is 2. The molecule has 0 spiro atoms. The number of hydrogen-bond donors (Lipinski definition) is 2. The summed E-state index contributed by atoms with van der Waals surface area (Å²) in [5, 5.41) is 5.46. The molecule has 3 aromatic carbocycles. The molecule has 7 nitrogen and oxygen atoms in total. The lowest BCUT2D eigenvalue weighted by Gasteiger charge is -2.20. The van der Waals surface area contributed by atoms with Gasteiger partial charge in [0.25, 0.3) is 0 Å². The second-order valence-electron chi connectivity index (χ2n) is 8.89. The smallest absolute Gasteiger partial charge is 0.407 e. The van der Waals surface area contributed by atoms with Crippen LogP contribution in [0.2, 0.25) is 0 Å². The first-order valence-electron chi connectivity index (χ1n) is 11.5. The van der Waals surface area contributed by atoms with Gasteiger partial charge in [0.1, 0.15) is 24.6 Å². The third kappa shape index (κ3) is 9.04. The Labute approximate surface area is 206 Å². The van der Waals surface area contributed by atoms with Crippen molar-refractivity contribution < 1.29 is 23.8 Å². The third-order valence-electron chi connectivity index (χ3n) is 4.81. The fourth-order valence-corrected chi connectivity index (χ4v) is 3.23. The predicted molar refractivity (Wildman–Crippen MR) is 135 cm³/mol. The fourth-order valence-electron chi connectivity index (χ4n) is 3.23. The second kappa shape index (κ2) is 12.5. The highest BCUT2D eigenvalue weighted by Crippen LogP contribution is 2.31. The van der Waals surface area contributed by atoms with Crippen LogP contribution in [-0.2, 0) is 22.6 Å². The molecule has 0 saturated carbocycles. The predicted octanol–water partition coefficient (Wildman–Crippen LogP) is 5.68. The molecule has 0 unspecified atom stereocenters. The van der Waals surface area contributed by atoms with Crippen LogP contribution in [0.25, 0.3) is 11.1 Å². The Morgan fingerprint density at radius 2 is 1.49 bits per heavy atom. The molecule has 0 heterocycles. The standard InChI is InChI=1S/C28H32N2O5/c1-28(2,3)35-27(32)30-19-22-14-15-24(23-12-8-5-9-13-23)25(18-22)33-17-16-29-26(31)34-20-21-10-6-4-7-11-21/h4-15,18H,16-17,19-20H2,1-3H3,(H,29,31)(H,30,32). The van der Waals surface area contributed by atoms with Crippen molar-refractivity contribution in [2.24, 2.45) is 0 Å². The van der Waals surface area contributed by atoms with Crippen LogP contribution in [0, 0.1) is 0 Å². The first kappa shape index (κ1) is 25.6. The van der Waals surface area contributed by atoms with E-state index in [-0.39, 0.29) is 19.8 Å². The molecule has 0 radical (unpaired) electrons. The molecule has 3 aromatic rings. The van der Waals surface area contributed by atoms with Crippen LogP contribution in [0.15, 0.2) is 78.9 Å². The average molecular weight is 477 g/mol. The number of hydrogen-bond acceptors (Lipinski definition) is 5. The van der Waals surface area contributed by atoms with Gasteiger partial charge in [0.15, 0.2) is 0 Å². The lowest BCUT2D eigenvalue weighted by atomic mass is 10.0. The Bertz CT molecular complexity index is 1100. The van der Waals surface area contributed by atoms with Crippen molar-refractivity contribution in [3.8, 4) is 16.9 Å². The van der Waals surface area contributed by atoms with E-state index in [4.69, 9.17) is 14.2 Å². The van der Waals surface area contributed by atoms with Gasteiger partial charge in [-0.15, -0.1) is 0 Å². The maximum Gasteiger partial charge on any atom is 0.407 e. The van der Waals surface area contributed by atoms with Gasteiger partial charge in [0.05, 0.1) is 6.54 Å². The van der Waals surface area contributed by atoms with Crippen molar-refractivity contribution in [1.82, 2.24) is 10.6 Å². The minimum atomic E-state index is -0.565. The molecule has 0 aromatic heterocycles. The number of amides is 2. The van der Waals surface area contributed by atoms with Gasteiger partial charge in [-0.25, -0.2) is 9.59 Å². The summed E-state index contributed by atoms with van der Waals surface area (Å²) in [6.45, 7) is 6.49. The van der Waals surface area contributed by atoms with Gasteiger partial charge in [-0.3, -0.25) is 0 Å². The van der Waals surface area contributed by atoms with Crippen LogP contribution < -0.4 is 15.4 Å². The summed E-state index contributed by atoms with van der Waals surface area (Å²) in [5.74, 6) is 0.652. The Morgan fingerprint density at radius 1 is 0.800 bits per heavy atom. The van der Waals surface area contributed by atoms with Crippen molar-refractivity contribution in [3.05, 3.63) is 90.0 Å². The average Bonchev–Trinajstić information content (AvgIpc) is 2.84. The Hall–Kier alpha value is -4.00. The van der Waals surface area contributed by atoms with Gasteiger partial charge in [-0.05, 0) is 43.5 Å². The van der Waals surface area contributed by atoms with E-state index in [2.05, 4.69) is 10.6 Å². The number of benzene rings is 3. The van der Waals surface area contributed by atoms with E-state index in [9.17, 15) is 9.59 Å². The van der Waals surface area contributed by atoms with E-state index >= 15 is 0 Å². The molecular weight excluding hydrogens is 444 g/mol. The van der Waals surface area contributed by atoms with Crippen LogP contribution in [-0.4, -0.2) is 30.9 Å². The topological polar surface area (TPSA) is 85.9 Å². The van der Waals surface area contributed by atoms with E-state index < -0.39 is 17.8 Å².